The average Bonchev–Trinajstić information content (AvgIpc) is 2.75. The van der Waals surface area contributed by atoms with Gasteiger partial charge >= 0.3 is 5.97 Å². The van der Waals surface area contributed by atoms with E-state index in [1.165, 1.54) is 6.08 Å². The maximum absolute atomic E-state index is 10.4. The smallest absolute Gasteiger partial charge is 0.328 e. The first-order chi connectivity index (χ1) is 8.16. The topological polar surface area (TPSA) is 66.0 Å². The lowest BCUT2D eigenvalue weighted by molar-refractivity contribution is -0.131. The second-order valence-corrected chi connectivity index (χ2v) is 4.19. The van der Waals surface area contributed by atoms with Crippen LogP contribution in [0, 0.1) is 0 Å². The molecule has 1 heterocycles. The Labute approximate surface area is 106 Å². The Morgan fingerprint density at radius 2 is 2.18 bits per heavy atom. The van der Waals surface area contributed by atoms with Crippen LogP contribution in [-0.2, 0) is 4.79 Å². The zero-order chi connectivity index (χ0) is 12.3. The first-order valence-electron chi connectivity index (χ1n) is 4.88. The van der Waals surface area contributed by atoms with Crippen LogP contribution in [0.1, 0.15) is 5.82 Å². The van der Waals surface area contributed by atoms with Crippen molar-refractivity contribution in [1.29, 1.82) is 0 Å². The van der Waals surface area contributed by atoms with Gasteiger partial charge in [0.05, 0.1) is 11.9 Å². The van der Waals surface area contributed by atoms with Gasteiger partial charge in [0.15, 0.2) is 0 Å². The molecule has 2 rings (SSSR count). The van der Waals surface area contributed by atoms with E-state index in [1.54, 1.807) is 6.20 Å². The van der Waals surface area contributed by atoms with Crippen LogP contribution in [0.25, 0.3) is 17.3 Å². The number of nitrogens with one attached hydrogen (secondary N) is 1. The second kappa shape index (κ2) is 4.97. The Bertz CT molecular complexity index is 575. The van der Waals surface area contributed by atoms with Crippen molar-refractivity contribution in [2.75, 3.05) is 0 Å². The van der Waals surface area contributed by atoms with Gasteiger partial charge in [0.1, 0.15) is 5.82 Å². The number of nitrogens with zero attached hydrogens (tertiary/aromatic N) is 1. The van der Waals surface area contributed by atoms with E-state index in [9.17, 15) is 4.79 Å². The van der Waals surface area contributed by atoms with Gasteiger partial charge in [0, 0.05) is 16.1 Å². The van der Waals surface area contributed by atoms with Crippen molar-refractivity contribution < 1.29 is 9.90 Å². The van der Waals surface area contributed by atoms with Crippen molar-refractivity contribution in [2.24, 2.45) is 0 Å². The van der Waals surface area contributed by atoms with Gasteiger partial charge in [-0.15, -0.1) is 0 Å². The number of halogens is 1. The highest BCUT2D eigenvalue weighted by Crippen LogP contribution is 2.26. The number of carboxylic acids is 1. The minimum atomic E-state index is -0.996. The zero-order valence-corrected chi connectivity index (χ0v) is 10.3. The zero-order valence-electron chi connectivity index (χ0n) is 8.72. The molecule has 0 radical (unpaired) electrons. The molecule has 2 N–H and O–H groups in total. The van der Waals surface area contributed by atoms with Crippen molar-refractivity contribution in [3.05, 3.63) is 46.8 Å². The van der Waals surface area contributed by atoms with Gasteiger partial charge in [0.2, 0.25) is 0 Å². The van der Waals surface area contributed by atoms with E-state index >= 15 is 0 Å². The fourth-order valence-electron chi connectivity index (χ4n) is 1.39. The number of carboxylic acid groups (broad SMARTS) is 1. The number of aromatic amines is 1. The van der Waals surface area contributed by atoms with Crippen molar-refractivity contribution in [3.63, 3.8) is 0 Å². The van der Waals surface area contributed by atoms with Gasteiger partial charge in [-0.3, -0.25) is 0 Å². The van der Waals surface area contributed by atoms with Crippen LogP contribution < -0.4 is 0 Å². The number of rotatable bonds is 3. The number of H-pyrrole nitrogens is 1. The summed E-state index contributed by atoms with van der Waals surface area (Å²) in [5, 5.41) is 8.51. The molecule has 0 amide bonds. The van der Waals surface area contributed by atoms with Crippen LogP contribution in [0.4, 0.5) is 0 Å². The summed E-state index contributed by atoms with van der Waals surface area (Å²) in [6, 6.07) is 7.73. The van der Waals surface area contributed by atoms with E-state index in [1.807, 2.05) is 24.3 Å². The maximum Gasteiger partial charge on any atom is 0.328 e. The average molecular weight is 293 g/mol. The minimum absolute atomic E-state index is 0.512. The third-order valence-electron chi connectivity index (χ3n) is 2.14. The van der Waals surface area contributed by atoms with Crippen molar-refractivity contribution in [3.8, 4) is 11.3 Å². The lowest BCUT2D eigenvalue weighted by atomic mass is 10.2. The summed E-state index contributed by atoms with van der Waals surface area (Å²) in [6.07, 6.45) is 4.13. The summed E-state index contributed by atoms with van der Waals surface area (Å²) in [5.41, 5.74) is 1.82. The normalized spacial score (nSPS) is 10.9. The molecule has 0 unspecified atom stereocenters. The molecule has 0 saturated carbocycles. The third-order valence-corrected chi connectivity index (χ3v) is 2.83. The largest absolute Gasteiger partial charge is 0.478 e. The standard InChI is InChI=1S/C12H9BrN2O2/c13-9-4-2-1-3-8(9)10-7-14-11(15-10)5-6-12(16)17/h1-7H,(H,14,15)(H,16,17)/b6-5+. The van der Waals surface area contributed by atoms with Crippen molar-refractivity contribution in [1.82, 2.24) is 9.97 Å². The van der Waals surface area contributed by atoms with Gasteiger partial charge < -0.3 is 10.1 Å². The first-order valence-corrected chi connectivity index (χ1v) is 5.67. The van der Waals surface area contributed by atoms with Crippen LogP contribution in [-0.4, -0.2) is 21.0 Å². The Balaban J connectivity index is 2.30. The highest BCUT2D eigenvalue weighted by molar-refractivity contribution is 9.10. The number of benzene rings is 1. The van der Waals surface area contributed by atoms with E-state index in [0.717, 1.165) is 21.8 Å². The molecule has 17 heavy (non-hydrogen) atoms. The SMILES string of the molecule is O=C(O)/C=C/c1ncc(-c2ccccc2Br)[nH]1. The number of aromatic nitrogens is 2. The summed E-state index contributed by atoms with van der Waals surface area (Å²) >= 11 is 3.44. The fourth-order valence-corrected chi connectivity index (χ4v) is 1.89. The summed E-state index contributed by atoms with van der Waals surface area (Å²) < 4.78 is 0.956. The molecule has 1 aromatic carbocycles. The monoisotopic (exact) mass is 292 g/mol. The number of carbonyl (C=O) groups is 1. The maximum atomic E-state index is 10.4. The highest BCUT2D eigenvalue weighted by atomic mass is 79.9. The number of imidazole rings is 1. The molecule has 0 bridgehead atoms. The van der Waals surface area contributed by atoms with Crippen LogP contribution in [0.15, 0.2) is 41.0 Å². The molecule has 0 spiro atoms. The van der Waals surface area contributed by atoms with Crippen LogP contribution in [0.3, 0.4) is 0 Å². The van der Waals surface area contributed by atoms with Gasteiger partial charge in [-0.2, -0.15) is 0 Å². The lowest BCUT2D eigenvalue weighted by Crippen LogP contribution is -1.86. The van der Waals surface area contributed by atoms with Gasteiger partial charge in [0.25, 0.3) is 0 Å². The van der Waals surface area contributed by atoms with E-state index in [2.05, 4.69) is 25.9 Å². The molecule has 86 valence electrons. The Kier molecular flexibility index (Phi) is 3.39. The summed E-state index contributed by atoms with van der Waals surface area (Å²) in [6.45, 7) is 0. The van der Waals surface area contributed by atoms with Crippen molar-refractivity contribution in [2.45, 2.75) is 0 Å². The molecule has 1 aromatic heterocycles. The molecule has 0 aliphatic heterocycles. The molecule has 0 atom stereocenters. The minimum Gasteiger partial charge on any atom is -0.478 e. The predicted octanol–water partition coefficient (Wildman–Crippen LogP) is 2.94. The number of hydrogen-bond acceptors (Lipinski definition) is 2. The van der Waals surface area contributed by atoms with Crippen LogP contribution >= 0.6 is 15.9 Å². The highest BCUT2D eigenvalue weighted by Gasteiger charge is 2.04. The third kappa shape index (κ3) is 2.82. The van der Waals surface area contributed by atoms with E-state index in [-0.39, 0.29) is 0 Å². The molecule has 2 aromatic rings. The molecule has 4 nitrogen and oxygen atoms in total. The van der Waals surface area contributed by atoms with Crippen LogP contribution in [0.5, 0.6) is 0 Å². The number of hydrogen-bond donors (Lipinski definition) is 2. The molecule has 0 aliphatic rings. The van der Waals surface area contributed by atoms with E-state index in [4.69, 9.17) is 5.11 Å². The molecule has 0 aliphatic carbocycles. The summed E-state index contributed by atoms with van der Waals surface area (Å²) in [5.74, 6) is -0.484. The van der Waals surface area contributed by atoms with Gasteiger partial charge in [-0.05, 0) is 12.1 Å². The summed E-state index contributed by atoms with van der Waals surface area (Å²) in [7, 11) is 0. The van der Waals surface area contributed by atoms with Gasteiger partial charge in [-0.25, -0.2) is 9.78 Å². The van der Waals surface area contributed by atoms with E-state index in [0.29, 0.717) is 5.82 Å². The van der Waals surface area contributed by atoms with Gasteiger partial charge in [-0.1, -0.05) is 34.1 Å². The Morgan fingerprint density at radius 1 is 1.41 bits per heavy atom. The quantitative estimate of drug-likeness (QED) is 0.855. The Hall–Kier alpha value is -1.88. The lowest BCUT2D eigenvalue weighted by Gasteiger charge is -1.99. The molecular formula is C12H9BrN2O2. The van der Waals surface area contributed by atoms with Crippen molar-refractivity contribution >= 4 is 28.0 Å². The molecule has 0 saturated heterocycles. The number of aliphatic carboxylic acids is 1. The fraction of sp³-hybridized carbons (Fsp3) is 0. The molecule has 0 fully saturated rings. The van der Waals surface area contributed by atoms with Crippen LogP contribution in [0.2, 0.25) is 0 Å². The van der Waals surface area contributed by atoms with E-state index < -0.39 is 5.97 Å². The Morgan fingerprint density at radius 3 is 2.88 bits per heavy atom. The predicted molar refractivity (Wildman–Crippen MR) is 68.4 cm³/mol. The molecule has 5 heteroatoms. The molecular weight excluding hydrogens is 284 g/mol. The second-order valence-electron chi connectivity index (χ2n) is 3.33. The summed E-state index contributed by atoms with van der Waals surface area (Å²) in [4.78, 5) is 17.5. The first kappa shape index (κ1) is 11.6.